The molecule has 108 valence electrons. The summed E-state index contributed by atoms with van der Waals surface area (Å²) in [4.78, 5) is 4.30. The molecule has 0 saturated carbocycles. The van der Waals surface area contributed by atoms with Crippen molar-refractivity contribution in [3.8, 4) is 0 Å². The second-order valence-corrected chi connectivity index (χ2v) is 4.23. The Kier molecular flexibility index (Phi) is 5.98. The van der Waals surface area contributed by atoms with Crippen molar-refractivity contribution < 1.29 is 13.2 Å². The molecule has 1 N–H and O–H groups in total. The van der Waals surface area contributed by atoms with Crippen LogP contribution in [-0.2, 0) is 12.8 Å². The molecule has 0 fully saturated rings. The molecule has 0 amide bonds. The van der Waals surface area contributed by atoms with Gasteiger partial charge in [0.2, 0.25) is 5.95 Å². The van der Waals surface area contributed by atoms with Gasteiger partial charge < -0.3 is 5.32 Å². The number of nitrogens with zero attached hydrogens (tertiary/aromatic N) is 3. The van der Waals surface area contributed by atoms with Crippen molar-refractivity contribution in [3.63, 3.8) is 0 Å². The third-order valence-electron chi connectivity index (χ3n) is 2.68. The fourth-order valence-electron chi connectivity index (χ4n) is 1.66. The Labute approximate surface area is 110 Å². The maximum atomic E-state index is 11.9. The van der Waals surface area contributed by atoms with Gasteiger partial charge in [-0.1, -0.05) is 13.8 Å². The average Bonchev–Trinajstić information content (AvgIpc) is 2.36. The lowest BCUT2D eigenvalue weighted by Crippen LogP contribution is -2.12. The van der Waals surface area contributed by atoms with Crippen LogP contribution in [0.5, 0.6) is 0 Å². The Morgan fingerprint density at radius 1 is 1.00 bits per heavy atom. The number of alkyl halides is 3. The topological polar surface area (TPSA) is 50.7 Å². The van der Waals surface area contributed by atoms with Gasteiger partial charge in [-0.3, -0.25) is 0 Å². The molecule has 0 radical (unpaired) electrons. The standard InChI is InChI=1S/C12H19F3N4/c1-3-9-10(4-2)18-19-11(17-9)16-8-6-5-7-12(13,14)15/h3-8H2,1-2H3,(H,16,17,19). The number of rotatable bonds is 7. The van der Waals surface area contributed by atoms with E-state index in [-0.39, 0.29) is 6.42 Å². The first-order valence-electron chi connectivity index (χ1n) is 6.49. The highest BCUT2D eigenvalue weighted by molar-refractivity contribution is 5.25. The lowest BCUT2D eigenvalue weighted by atomic mass is 10.2. The zero-order valence-electron chi connectivity index (χ0n) is 11.2. The molecule has 0 aliphatic heterocycles. The average molecular weight is 276 g/mol. The van der Waals surface area contributed by atoms with Crippen LogP contribution in [0.1, 0.15) is 44.5 Å². The highest BCUT2D eigenvalue weighted by Gasteiger charge is 2.25. The van der Waals surface area contributed by atoms with Gasteiger partial charge >= 0.3 is 6.18 Å². The fourth-order valence-corrected chi connectivity index (χ4v) is 1.66. The third-order valence-corrected chi connectivity index (χ3v) is 2.68. The number of hydrogen-bond acceptors (Lipinski definition) is 4. The van der Waals surface area contributed by atoms with Crippen molar-refractivity contribution in [2.75, 3.05) is 11.9 Å². The minimum Gasteiger partial charge on any atom is -0.353 e. The molecule has 0 aromatic carbocycles. The van der Waals surface area contributed by atoms with Crippen LogP contribution >= 0.6 is 0 Å². The Bertz CT molecular complexity index is 393. The van der Waals surface area contributed by atoms with E-state index in [9.17, 15) is 13.2 Å². The van der Waals surface area contributed by atoms with Crippen molar-refractivity contribution in [2.24, 2.45) is 0 Å². The normalized spacial score (nSPS) is 11.6. The molecule has 1 aromatic rings. The van der Waals surface area contributed by atoms with E-state index in [0.717, 1.165) is 24.2 Å². The van der Waals surface area contributed by atoms with Crippen LogP contribution < -0.4 is 5.32 Å². The number of halogens is 3. The number of hydrogen-bond donors (Lipinski definition) is 1. The van der Waals surface area contributed by atoms with Crippen LogP contribution in [-0.4, -0.2) is 27.9 Å². The van der Waals surface area contributed by atoms with E-state index in [2.05, 4.69) is 20.5 Å². The summed E-state index contributed by atoms with van der Waals surface area (Å²) in [5, 5.41) is 10.9. The first kappa shape index (κ1) is 15.7. The van der Waals surface area contributed by atoms with Gasteiger partial charge in [-0.15, -0.1) is 5.10 Å². The van der Waals surface area contributed by atoms with Gasteiger partial charge in [0, 0.05) is 13.0 Å². The SMILES string of the molecule is CCc1nnc(NCCCCC(F)(F)F)nc1CC. The Balaban J connectivity index is 2.37. The van der Waals surface area contributed by atoms with Gasteiger partial charge in [0.05, 0.1) is 11.4 Å². The van der Waals surface area contributed by atoms with Crippen molar-refractivity contribution in [3.05, 3.63) is 11.4 Å². The smallest absolute Gasteiger partial charge is 0.353 e. The monoisotopic (exact) mass is 276 g/mol. The number of unbranched alkanes of at least 4 members (excludes halogenated alkanes) is 1. The van der Waals surface area contributed by atoms with E-state index in [0.29, 0.717) is 18.9 Å². The minimum atomic E-state index is -4.07. The van der Waals surface area contributed by atoms with Crippen molar-refractivity contribution in [1.29, 1.82) is 0 Å². The Hall–Kier alpha value is -1.40. The van der Waals surface area contributed by atoms with E-state index in [1.807, 2.05) is 13.8 Å². The Morgan fingerprint density at radius 2 is 1.68 bits per heavy atom. The molecular formula is C12H19F3N4. The highest BCUT2D eigenvalue weighted by Crippen LogP contribution is 2.22. The molecule has 0 aliphatic rings. The van der Waals surface area contributed by atoms with Crippen LogP contribution in [0, 0.1) is 0 Å². The lowest BCUT2D eigenvalue weighted by Gasteiger charge is -2.08. The second kappa shape index (κ2) is 7.25. The Morgan fingerprint density at radius 3 is 2.26 bits per heavy atom. The largest absolute Gasteiger partial charge is 0.389 e. The van der Waals surface area contributed by atoms with Crippen LogP contribution in [0.3, 0.4) is 0 Å². The second-order valence-electron chi connectivity index (χ2n) is 4.23. The molecule has 1 aromatic heterocycles. The predicted octanol–water partition coefficient (Wildman–Crippen LogP) is 3.14. The van der Waals surface area contributed by atoms with Gasteiger partial charge in [-0.2, -0.15) is 18.3 Å². The van der Waals surface area contributed by atoms with Crippen LogP contribution in [0.25, 0.3) is 0 Å². The molecule has 1 rings (SSSR count). The number of nitrogens with one attached hydrogen (secondary N) is 1. The minimum absolute atomic E-state index is 0.109. The van der Waals surface area contributed by atoms with Gasteiger partial charge in [-0.25, -0.2) is 4.98 Å². The van der Waals surface area contributed by atoms with E-state index >= 15 is 0 Å². The molecule has 0 aliphatic carbocycles. The quantitative estimate of drug-likeness (QED) is 0.777. The fraction of sp³-hybridized carbons (Fsp3) is 0.750. The maximum absolute atomic E-state index is 11.9. The van der Waals surface area contributed by atoms with E-state index in [1.165, 1.54) is 0 Å². The lowest BCUT2D eigenvalue weighted by molar-refractivity contribution is -0.135. The van der Waals surface area contributed by atoms with Crippen molar-refractivity contribution in [2.45, 2.75) is 52.1 Å². The number of aromatic nitrogens is 3. The van der Waals surface area contributed by atoms with Crippen LogP contribution in [0.15, 0.2) is 0 Å². The molecule has 0 unspecified atom stereocenters. The molecule has 1 heterocycles. The molecule has 0 spiro atoms. The van der Waals surface area contributed by atoms with Gasteiger partial charge in [0.1, 0.15) is 0 Å². The molecule has 0 bridgehead atoms. The van der Waals surface area contributed by atoms with Gasteiger partial charge in [-0.05, 0) is 25.7 Å². The van der Waals surface area contributed by atoms with Crippen LogP contribution in [0.2, 0.25) is 0 Å². The maximum Gasteiger partial charge on any atom is 0.389 e. The summed E-state index contributed by atoms with van der Waals surface area (Å²) in [6.45, 7) is 4.39. The summed E-state index contributed by atoms with van der Waals surface area (Å²) < 4.78 is 35.8. The molecular weight excluding hydrogens is 257 g/mol. The summed E-state index contributed by atoms with van der Waals surface area (Å²) in [6.07, 6.45) is -2.74. The zero-order valence-corrected chi connectivity index (χ0v) is 11.2. The molecule has 7 heteroatoms. The number of aryl methyl sites for hydroxylation is 2. The zero-order chi connectivity index (χ0) is 14.3. The number of anilines is 1. The summed E-state index contributed by atoms with van der Waals surface area (Å²) in [5.41, 5.74) is 1.75. The van der Waals surface area contributed by atoms with Crippen LogP contribution in [0.4, 0.5) is 19.1 Å². The summed E-state index contributed by atoms with van der Waals surface area (Å²) >= 11 is 0. The summed E-state index contributed by atoms with van der Waals surface area (Å²) in [7, 11) is 0. The van der Waals surface area contributed by atoms with E-state index in [1.54, 1.807) is 0 Å². The predicted molar refractivity (Wildman–Crippen MR) is 67.0 cm³/mol. The van der Waals surface area contributed by atoms with E-state index < -0.39 is 12.6 Å². The summed E-state index contributed by atoms with van der Waals surface area (Å²) in [6, 6.07) is 0. The van der Waals surface area contributed by atoms with Crippen molar-refractivity contribution >= 4 is 5.95 Å². The van der Waals surface area contributed by atoms with Gasteiger partial charge in [0.15, 0.2) is 0 Å². The third kappa shape index (κ3) is 5.85. The molecule has 0 atom stereocenters. The summed E-state index contributed by atoms with van der Waals surface area (Å²) in [5.74, 6) is 0.390. The first-order chi connectivity index (χ1) is 8.96. The molecule has 4 nitrogen and oxygen atoms in total. The van der Waals surface area contributed by atoms with Crippen molar-refractivity contribution in [1.82, 2.24) is 15.2 Å². The molecule has 19 heavy (non-hydrogen) atoms. The van der Waals surface area contributed by atoms with E-state index in [4.69, 9.17) is 0 Å². The highest BCUT2D eigenvalue weighted by atomic mass is 19.4. The van der Waals surface area contributed by atoms with Gasteiger partial charge in [0.25, 0.3) is 0 Å². The molecule has 0 saturated heterocycles. The first-order valence-corrected chi connectivity index (χ1v) is 6.49.